The van der Waals surface area contributed by atoms with Crippen molar-refractivity contribution in [1.29, 1.82) is 0 Å². The van der Waals surface area contributed by atoms with E-state index in [1.165, 1.54) is 0 Å². The number of rotatable bonds is 9. The second-order valence-corrected chi connectivity index (χ2v) is 10.6. The number of hydrogen-bond donors (Lipinski definition) is 3. The van der Waals surface area contributed by atoms with Gasteiger partial charge in [-0.05, 0) is 56.6 Å². The van der Waals surface area contributed by atoms with Crippen molar-refractivity contribution in [2.45, 2.75) is 77.4 Å². The van der Waals surface area contributed by atoms with Gasteiger partial charge in [0.05, 0.1) is 28.1 Å². The molecule has 33 heavy (non-hydrogen) atoms. The minimum absolute atomic E-state index is 0.174. The zero-order valence-electron chi connectivity index (χ0n) is 19.4. The SMILES string of the molecule is CCCCNc1ncc2c(C3=CC=C(S(=O)(=O)NCC)CC3)nn(C3CCC(O)CC3)c2n1. The Balaban J connectivity index is 1.71. The summed E-state index contributed by atoms with van der Waals surface area (Å²) in [6.07, 6.45) is 11.5. The molecule has 0 radical (unpaired) electrons. The molecule has 1 saturated carbocycles. The first-order chi connectivity index (χ1) is 15.9. The normalized spacial score (nSPS) is 21.7. The molecule has 2 aliphatic carbocycles. The van der Waals surface area contributed by atoms with Crippen molar-refractivity contribution in [2.24, 2.45) is 0 Å². The van der Waals surface area contributed by atoms with Crippen molar-refractivity contribution < 1.29 is 13.5 Å². The minimum Gasteiger partial charge on any atom is -0.393 e. The summed E-state index contributed by atoms with van der Waals surface area (Å²) in [5, 5.41) is 19.1. The molecule has 0 saturated heterocycles. The minimum atomic E-state index is -3.43. The first-order valence-electron chi connectivity index (χ1n) is 12.0. The van der Waals surface area contributed by atoms with Gasteiger partial charge in [0.25, 0.3) is 0 Å². The van der Waals surface area contributed by atoms with Crippen molar-refractivity contribution in [1.82, 2.24) is 24.5 Å². The van der Waals surface area contributed by atoms with Crippen LogP contribution in [-0.2, 0) is 10.0 Å². The Morgan fingerprint density at radius 3 is 2.61 bits per heavy atom. The molecule has 4 rings (SSSR count). The van der Waals surface area contributed by atoms with Crippen molar-refractivity contribution in [3.63, 3.8) is 0 Å². The molecular formula is C23H34N6O3S. The van der Waals surface area contributed by atoms with Crippen molar-refractivity contribution in [2.75, 3.05) is 18.4 Å². The fraction of sp³-hybridized carbons (Fsp3) is 0.609. The number of nitrogens with one attached hydrogen (secondary N) is 2. The Morgan fingerprint density at radius 2 is 1.94 bits per heavy atom. The summed E-state index contributed by atoms with van der Waals surface area (Å²) in [7, 11) is -3.43. The number of hydrogen-bond acceptors (Lipinski definition) is 7. The molecule has 0 aliphatic heterocycles. The van der Waals surface area contributed by atoms with E-state index in [0.29, 0.717) is 30.2 Å². The third-order valence-electron chi connectivity index (χ3n) is 6.37. The van der Waals surface area contributed by atoms with Crippen LogP contribution in [0.5, 0.6) is 0 Å². The first-order valence-corrected chi connectivity index (χ1v) is 13.5. The highest BCUT2D eigenvalue weighted by Gasteiger charge is 2.27. The zero-order chi connectivity index (χ0) is 23.4. The van der Waals surface area contributed by atoms with Crippen LogP contribution in [-0.4, -0.2) is 52.5 Å². The smallest absolute Gasteiger partial charge is 0.236 e. The maximum absolute atomic E-state index is 12.3. The molecule has 1 fully saturated rings. The Morgan fingerprint density at radius 1 is 1.15 bits per heavy atom. The van der Waals surface area contributed by atoms with E-state index in [4.69, 9.17) is 10.1 Å². The van der Waals surface area contributed by atoms with Gasteiger partial charge in [-0.25, -0.2) is 22.8 Å². The van der Waals surface area contributed by atoms with Gasteiger partial charge < -0.3 is 10.4 Å². The Hall–Kier alpha value is -2.30. The number of sulfonamides is 1. The standard InChI is InChI=1S/C23H34N6O3S/c1-3-5-14-24-23-25-15-20-21(16-6-12-19(13-7-16)33(31,32)26-4-2)28-29(22(20)27-23)17-8-10-18(30)11-9-17/h6,12,15,17-18,26,30H,3-5,7-11,13-14H2,1-2H3,(H,24,25,27). The van der Waals surface area contributed by atoms with Crippen molar-refractivity contribution >= 4 is 32.6 Å². The van der Waals surface area contributed by atoms with Crippen molar-refractivity contribution in [3.05, 3.63) is 28.9 Å². The number of aliphatic hydroxyl groups excluding tert-OH is 1. The summed E-state index contributed by atoms with van der Waals surface area (Å²) >= 11 is 0. The third-order valence-corrected chi connectivity index (χ3v) is 8.07. The van der Waals surface area contributed by atoms with Gasteiger partial charge >= 0.3 is 0 Å². The first kappa shape index (κ1) is 23.8. The van der Waals surface area contributed by atoms with Gasteiger partial charge in [-0.1, -0.05) is 26.3 Å². The summed E-state index contributed by atoms with van der Waals surface area (Å²) in [6.45, 7) is 5.10. The molecule has 0 spiro atoms. The van der Waals surface area contributed by atoms with Crippen LogP contribution in [0.15, 0.2) is 23.3 Å². The lowest BCUT2D eigenvalue weighted by Gasteiger charge is -2.25. The molecule has 0 aromatic carbocycles. The number of allylic oxidation sites excluding steroid dienone is 4. The molecule has 2 aliphatic rings. The number of nitrogens with zero attached hydrogens (tertiary/aromatic N) is 4. The predicted molar refractivity (Wildman–Crippen MR) is 130 cm³/mol. The highest BCUT2D eigenvalue weighted by molar-refractivity contribution is 7.93. The number of aliphatic hydroxyl groups is 1. The van der Waals surface area contributed by atoms with E-state index in [2.05, 4.69) is 21.9 Å². The number of unbranched alkanes of at least 4 members (excludes halogenated alkanes) is 1. The molecular weight excluding hydrogens is 440 g/mol. The summed E-state index contributed by atoms with van der Waals surface area (Å²) in [5.74, 6) is 0.594. The van der Waals surface area contributed by atoms with E-state index >= 15 is 0 Å². The quantitative estimate of drug-likeness (QED) is 0.475. The largest absolute Gasteiger partial charge is 0.393 e. The van der Waals surface area contributed by atoms with E-state index in [0.717, 1.165) is 67.4 Å². The molecule has 0 bridgehead atoms. The van der Waals surface area contributed by atoms with Crippen LogP contribution in [0.25, 0.3) is 16.6 Å². The number of fused-ring (bicyclic) bond motifs is 1. The Bertz CT molecular complexity index is 1150. The molecule has 3 N–H and O–H groups in total. The molecule has 0 amide bonds. The van der Waals surface area contributed by atoms with E-state index in [-0.39, 0.29) is 12.1 Å². The summed E-state index contributed by atoms with van der Waals surface area (Å²) in [5.41, 5.74) is 2.59. The predicted octanol–water partition coefficient (Wildman–Crippen LogP) is 3.51. The van der Waals surface area contributed by atoms with Crippen LogP contribution >= 0.6 is 0 Å². The van der Waals surface area contributed by atoms with Crippen LogP contribution < -0.4 is 10.0 Å². The van der Waals surface area contributed by atoms with Gasteiger partial charge in [0.15, 0.2) is 5.65 Å². The lowest BCUT2D eigenvalue weighted by molar-refractivity contribution is 0.109. The average Bonchev–Trinajstić information content (AvgIpc) is 3.19. The Kier molecular flexibility index (Phi) is 7.45. The van der Waals surface area contributed by atoms with E-state index < -0.39 is 10.0 Å². The summed E-state index contributed by atoms with van der Waals surface area (Å²) in [6, 6.07) is 0.174. The Labute approximate surface area is 195 Å². The highest BCUT2D eigenvalue weighted by Crippen LogP contribution is 2.36. The van der Waals surface area contributed by atoms with Gasteiger partial charge in [-0.3, -0.25) is 0 Å². The highest BCUT2D eigenvalue weighted by atomic mass is 32.2. The zero-order valence-corrected chi connectivity index (χ0v) is 20.2. The fourth-order valence-electron chi connectivity index (χ4n) is 4.50. The maximum Gasteiger partial charge on any atom is 0.236 e. The molecule has 2 aromatic rings. The second kappa shape index (κ2) is 10.3. The monoisotopic (exact) mass is 474 g/mol. The topological polar surface area (TPSA) is 122 Å². The van der Waals surface area contributed by atoms with E-state index in [9.17, 15) is 13.5 Å². The fourth-order valence-corrected chi connectivity index (χ4v) is 5.69. The molecule has 180 valence electrons. The van der Waals surface area contributed by atoms with Gasteiger partial charge in [-0.15, -0.1) is 0 Å². The molecule has 2 heterocycles. The second-order valence-electron chi connectivity index (χ2n) is 8.79. The lowest BCUT2D eigenvalue weighted by atomic mass is 9.93. The lowest BCUT2D eigenvalue weighted by Crippen LogP contribution is -2.25. The molecule has 10 heteroatoms. The van der Waals surface area contributed by atoms with Gasteiger partial charge in [0.2, 0.25) is 16.0 Å². The summed E-state index contributed by atoms with van der Waals surface area (Å²) < 4.78 is 29.3. The molecule has 9 nitrogen and oxygen atoms in total. The van der Waals surface area contributed by atoms with Gasteiger partial charge in [-0.2, -0.15) is 10.1 Å². The van der Waals surface area contributed by atoms with E-state index in [1.54, 1.807) is 13.0 Å². The van der Waals surface area contributed by atoms with Crippen LogP contribution in [0, 0.1) is 0 Å². The number of anilines is 1. The average molecular weight is 475 g/mol. The van der Waals surface area contributed by atoms with Crippen LogP contribution in [0.3, 0.4) is 0 Å². The summed E-state index contributed by atoms with van der Waals surface area (Å²) in [4.78, 5) is 9.72. The molecule has 0 unspecified atom stereocenters. The molecule has 2 aromatic heterocycles. The van der Waals surface area contributed by atoms with Crippen LogP contribution in [0.2, 0.25) is 0 Å². The number of aromatic nitrogens is 4. The van der Waals surface area contributed by atoms with Crippen LogP contribution in [0.1, 0.15) is 76.9 Å². The maximum atomic E-state index is 12.3. The molecule has 0 atom stereocenters. The third kappa shape index (κ3) is 5.28. The van der Waals surface area contributed by atoms with Crippen LogP contribution in [0.4, 0.5) is 5.95 Å². The van der Waals surface area contributed by atoms with Gasteiger partial charge in [0.1, 0.15) is 0 Å². The van der Waals surface area contributed by atoms with Gasteiger partial charge in [0, 0.05) is 19.3 Å². The van der Waals surface area contributed by atoms with E-state index in [1.807, 2.05) is 17.0 Å². The van der Waals surface area contributed by atoms with Crippen molar-refractivity contribution in [3.8, 4) is 0 Å².